The fourth-order valence-corrected chi connectivity index (χ4v) is 2.50. The average molecular weight is 435 g/mol. The monoisotopic (exact) mass is 435 g/mol. The number of halogens is 3. The summed E-state index contributed by atoms with van der Waals surface area (Å²) in [5.41, 5.74) is 0.949. The predicted octanol–water partition coefficient (Wildman–Crippen LogP) is 2.50. The topological polar surface area (TPSA) is 85.8 Å². The van der Waals surface area contributed by atoms with Crippen molar-refractivity contribution < 1.29 is 22.8 Å². The number of nitrogens with one attached hydrogen (secondary N) is 3. The molecular weight excluding hydrogens is 411 g/mol. The van der Waals surface area contributed by atoms with Crippen molar-refractivity contribution in [3.05, 3.63) is 65.0 Å². The summed E-state index contributed by atoms with van der Waals surface area (Å²) in [6.07, 6.45) is 0. The molecule has 0 saturated heterocycles. The van der Waals surface area contributed by atoms with Crippen molar-refractivity contribution in [1.82, 2.24) is 15.5 Å². The normalized spacial score (nSPS) is 11.1. The van der Waals surface area contributed by atoms with E-state index in [1.54, 1.807) is 38.4 Å². The maximum absolute atomic E-state index is 13.7. The van der Waals surface area contributed by atoms with Crippen LogP contribution in [0.5, 0.6) is 0 Å². The zero-order valence-electron chi connectivity index (χ0n) is 17.4. The molecule has 2 aromatic rings. The molecule has 0 aliphatic heterocycles. The summed E-state index contributed by atoms with van der Waals surface area (Å²) in [5, 5.41) is 7.91. The van der Waals surface area contributed by atoms with Crippen molar-refractivity contribution >= 4 is 23.5 Å². The average Bonchev–Trinajstić information content (AvgIpc) is 2.76. The predicted molar refractivity (Wildman–Crippen MR) is 112 cm³/mol. The number of hydrogen-bond acceptors (Lipinski definition) is 3. The van der Waals surface area contributed by atoms with Crippen molar-refractivity contribution in [2.24, 2.45) is 4.99 Å². The summed E-state index contributed by atoms with van der Waals surface area (Å²) in [7, 11) is 3.35. The van der Waals surface area contributed by atoms with E-state index in [1.807, 2.05) is 6.92 Å². The van der Waals surface area contributed by atoms with Gasteiger partial charge in [0.2, 0.25) is 5.91 Å². The summed E-state index contributed by atoms with van der Waals surface area (Å²) in [6.45, 7) is 2.38. The van der Waals surface area contributed by atoms with Crippen LogP contribution in [0.1, 0.15) is 22.8 Å². The second-order valence-electron chi connectivity index (χ2n) is 6.72. The minimum absolute atomic E-state index is 0.103. The third-order valence-electron chi connectivity index (χ3n) is 4.10. The molecule has 3 N–H and O–H groups in total. The number of carbonyl (C=O) groups excluding carboxylic acids is 2. The van der Waals surface area contributed by atoms with Crippen LogP contribution in [0.25, 0.3) is 0 Å². The summed E-state index contributed by atoms with van der Waals surface area (Å²) in [5.74, 6) is -4.90. The van der Waals surface area contributed by atoms with Gasteiger partial charge in [0, 0.05) is 26.2 Å². The van der Waals surface area contributed by atoms with E-state index in [4.69, 9.17) is 0 Å². The van der Waals surface area contributed by atoms with Gasteiger partial charge >= 0.3 is 0 Å². The number of rotatable bonds is 7. The molecule has 166 valence electrons. The van der Waals surface area contributed by atoms with Crippen LogP contribution in [0, 0.1) is 17.5 Å². The number of amides is 2. The Morgan fingerprint density at radius 2 is 1.65 bits per heavy atom. The molecular formula is C21H24F3N5O2. The molecule has 0 aromatic heterocycles. The fraction of sp³-hybridized carbons (Fsp3) is 0.286. The summed E-state index contributed by atoms with van der Waals surface area (Å²) >= 11 is 0. The Bertz CT molecular complexity index is 962. The highest BCUT2D eigenvalue weighted by atomic mass is 19.2. The molecule has 0 aliphatic rings. The highest BCUT2D eigenvalue weighted by Crippen LogP contribution is 2.19. The third-order valence-corrected chi connectivity index (χ3v) is 4.10. The van der Waals surface area contributed by atoms with Gasteiger partial charge in [-0.15, -0.1) is 0 Å². The number of hydrogen-bond donors (Lipinski definition) is 3. The number of aliphatic imine (C=N–C) groups is 1. The molecule has 0 fully saturated rings. The van der Waals surface area contributed by atoms with Gasteiger partial charge in [-0.1, -0.05) is 12.1 Å². The molecule has 0 radical (unpaired) electrons. The Morgan fingerprint density at radius 3 is 2.26 bits per heavy atom. The zero-order chi connectivity index (χ0) is 23.0. The molecule has 0 spiro atoms. The smallest absolute Gasteiger partial charge is 0.253 e. The molecule has 2 amide bonds. The van der Waals surface area contributed by atoms with Gasteiger partial charge in [-0.3, -0.25) is 9.59 Å². The number of guanidine groups is 1. The largest absolute Gasteiger partial charge is 0.357 e. The SMILES string of the molecule is CCNC(=NCc1ccc(C(=O)N(C)C)cc1)NCC(=O)Nc1ccc(F)c(F)c1F. The fourth-order valence-electron chi connectivity index (χ4n) is 2.50. The third kappa shape index (κ3) is 6.73. The van der Waals surface area contributed by atoms with E-state index in [2.05, 4.69) is 20.9 Å². The van der Waals surface area contributed by atoms with Gasteiger partial charge in [0.25, 0.3) is 5.91 Å². The van der Waals surface area contributed by atoms with Gasteiger partial charge in [-0.25, -0.2) is 18.2 Å². The Morgan fingerprint density at radius 1 is 0.968 bits per heavy atom. The Hall–Kier alpha value is -3.56. The Labute approximate surface area is 178 Å². The first-order valence-electron chi connectivity index (χ1n) is 9.49. The van der Waals surface area contributed by atoms with E-state index in [1.165, 1.54) is 4.90 Å². The van der Waals surface area contributed by atoms with Gasteiger partial charge in [0.05, 0.1) is 18.8 Å². The zero-order valence-corrected chi connectivity index (χ0v) is 17.4. The van der Waals surface area contributed by atoms with E-state index < -0.39 is 29.0 Å². The van der Waals surface area contributed by atoms with Crippen molar-refractivity contribution in [3.8, 4) is 0 Å². The van der Waals surface area contributed by atoms with Crippen molar-refractivity contribution in [1.29, 1.82) is 0 Å². The number of anilines is 1. The second kappa shape index (κ2) is 11.0. The van der Waals surface area contributed by atoms with Gasteiger partial charge in [0.1, 0.15) is 0 Å². The van der Waals surface area contributed by atoms with Crippen molar-refractivity contribution in [3.63, 3.8) is 0 Å². The van der Waals surface area contributed by atoms with E-state index in [9.17, 15) is 22.8 Å². The lowest BCUT2D eigenvalue weighted by Crippen LogP contribution is -2.41. The number of nitrogens with zero attached hydrogens (tertiary/aromatic N) is 2. The number of benzene rings is 2. The molecule has 0 atom stereocenters. The first-order valence-corrected chi connectivity index (χ1v) is 9.49. The molecule has 10 heteroatoms. The lowest BCUT2D eigenvalue weighted by Gasteiger charge is -2.12. The van der Waals surface area contributed by atoms with E-state index in [-0.39, 0.29) is 19.0 Å². The Balaban J connectivity index is 1.96. The number of carbonyl (C=O) groups is 2. The minimum atomic E-state index is -1.65. The van der Waals surface area contributed by atoms with E-state index >= 15 is 0 Å². The van der Waals surface area contributed by atoms with Gasteiger partial charge in [-0.2, -0.15) is 0 Å². The molecule has 31 heavy (non-hydrogen) atoms. The molecule has 2 rings (SSSR count). The van der Waals surface area contributed by atoms with Crippen LogP contribution in [0.4, 0.5) is 18.9 Å². The first kappa shape index (κ1) is 23.7. The Kier molecular flexibility index (Phi) is 8.42. The molecule has 0 saturated carbocycles. The highest BCUT2D eigenvalue weighted by Gasteiger charge is 2.15. The van der Waals surface area contributed by atoms with Crippen molar-refractivity contribution in [2.75, 3.05) is 32.5 Å². The molecule has 0 unspecified atom stereocenters. The van der Waals surface area contributed by atoms with Crippen LogP contribution >= 0.6 is 0 Å². The highest BCUT2D eigenvalue weighted by molar-refractivity contribution is 5.95. The molecule has 0 aliphatic carbocycles. The lowest BCUT2D eigenvalue weighted by molar-refractivity contribution is -0.115. The van der Waals surface area contributed by atoms with Crippen molar-refractivity contribution in [2.45, 2.75) is 13.5 Å². The lowest BCUT2D eigenvalue weighted by atomic mass is 10.1. The summed E-state index contributed by atoms with van der Waals surface area (Å²) in [4.78, 5) is 29.8. The quantitative estimate of drug-likeness (QED) is 0.354. The molecule has 2 aromatic carbocycles. The van der Waals surface area contributed by atoms with Crippen LogP contribution in [-0.4, -0.2) is 49.9 Å². The maximum Gasteiger partial charge on any atom is 0.253 e. The molecule has 7 nitrogen and oxygen atoms in total. The van der Waals surface area contributed by atoms with E-state index in [0.29, 0.717) is 18.1 Å². The summed E-state index contributed by atoms with van der Waals surface area (Å²) in [6, 6.07) is 8.64. The van der Waals surface area contributed by atoms with Crippen LogP contribution in [0.2, 0.25) is 0 Å². The second-order valence-corrected chi connectivity index (χ2v) is 6.72. The molecule has 0 heterocycles. The summed E-state index contributed by atoms with van der Waals surface area (Å²) < 4.78 is 39.9. The van der Waals surface area contributed by atoms with Crippen LogP contribution in [-0.2, 0) is 11.3 Å². The van der Waals surface area contributed by atoms with Gasteiger partial charge < -0.3 is 20.9 Å². The van der Waals surface area contributed by atoms with Gasteiger partial charge in [0.15, 0.2) is 23.4 Å². The van der Waals surface area contributed by atoms with E-state index in [0.717, 1.165) is 17.7 Å². The van der Waals surface area contributed by atoms with Crippen LogP contribution < -0.4 is 16.0 Å². The van der Waals surface area contributed by atoms with Crippen LogP contribution in [0.15, 0.2) is 41.4 Å². The van der Waals surface area contributed by atoms with Gasteiger partial charge in [-0.05, 0) is 36.8 Å². The minimum Gasteiger partial charge on any atom is -0.357 e. The maximum atomic E-state index is 13.7. The first-order chi connectivity index (χ1) is 14.7. The standard InChI is InChI=1S/C21H24F3N5O2/c1-4-25-21(26-11-13-5-7-14(8-6-13)20(31)29(2)3)27-12-17(30)28-16-10-9-15(22)18(23)19(16)24/h5-10H,4,11-12H2,1-3H3,(H,28,30)(H2,25,26,27). The van der Waals surface area contributed by atoms with Crippen LogP contribution in [0.3, 0.4) is 0 Å². The molecule has 0 bridgehead atoms.